The summed E-state index contributed by atoms with van der Waals surface area (Å²) in [6.45, 7) is 5.98. The number of aromatic nitrogens is 5. The topological polar surface area (TPSA) is 136 Å². The molecule has 1 saturated heterocycles. The molecule has 1 aromatic carbocycles. The van der Waals surface area contributed by atoms with Crippen molar-refractivity contribution < 1.29 is 14.6 Å². The van der Waals surface area contributed by atoms with Gasteiger partial charge in [0.05, 0.1) is 54.9 Å². The van der Waals surface area contributed by atoms with Crippen molar-refractivity contribution in [1.82, 2.24) is 29.6 Å². The Morgan fingerprint density at radius 3 is 2.62 bits per heavy atom. The number of carbonyl (C=O) groups excluding carboxylic acids is 1. The number of ether oxygens (including phenoxy) is 1. The second-order valence-electron chi connectivity index (χ2n) is 11.7. The molecule has 3 aromatic heterocycles. The van der Waals surface area contributed by atoms with Crippen LogP contribution in [0.25, 0.3) is 10.9 Å². The lowest BCUT2D eigenvalue weighted by Crippen LogP contribution is -2.36. The summed E-state index contributed by atoms with van der Waals surface area (Å²) < 4.78 is 7.65. The summed E-state index contributed by atoms with van der Waals surface area (Å²) in [5.74, 6) is 1.55. The van der Waals surface area contributed by atoms with E-state index < -0.39 is 0 Å². The first kappa shape index (κ1) is 26.9. The van der Waals surface area contributed by atoms with Gasteiger partial charge in [0.15, 0.2) is 0 Å². The van der Waals surface area contributed by atoms with E-state index in [2.05, 4.69) is 25.9 Å². The molecule has 42 heavy (non-hydrogen) atoms. The SMILES string of the molecule is Cc1nn(C2CCN(CCO)CC2)cc1N(Cc1ccc2c3c(c(N)nc2c1)COC3)C(=O)c1cnc(C2CC2)nc1. The molecule has 2 aliphatic heterocycles. The van der Waals surface area contributed by atoms with Crippen LogP contribution in [0.3, 0.4) is 0 Å². The number of anilines is 2. The number of aliphatic hydroxyl groups is 1. The lowest BCUT2D eigenvalue weighted by atomic mass is 10.0. The van der Waals surface area contributed by atoms with Gasteiger partial charge in [0, 0.05) is 55.1 Å². The smallest absolute Gasteiger partial charge is 0.261 e. The fourth-order valence-electron chi connectivity index (χ4n) is 6.20. The Morgan fingerprint density at radius 1 is 1.12 bits per heavy atom. The Morgan fingerprint density at radius 2 is 1.88 bits per heavy atom. The van der Waals surface area contributed by atoms with Gasteiger partial charge < -0.3 is 25.4 Å². The van der Waals surface area contributed by atoms with Crippen LogP contribution in [0.2, 0.25) is 0 Å². The maximum absolute atomic E-state index is 14.1. The molecule has 0 atom stereocenters. The number of nitrogens with zero attached hydrogens (tertiary/aromatic N) is 7. The van der Waals surface area contributed by atoms with Gasteiger partial charge in [-0.1, -0.05) is 12.1 Å². The molecule has 0 spiro atoms. The van der Waals surface area contributed by atoms with Gasteiger partial charge in [0.1, 0.15) is 11.6 Å². The Hall–Kier alpha value is -3.93. The third-order valence-corrected chi connectivity index (χ3v) is 8.77. The summed E-state index contributed by atoms with van der Waals surface area (Å²) >= 11 is 0. The standard InChI is InChI=1S/C31H36N8O3/c1-19-28(16-39(36-19)23-6-8-37(9-7-23)10-11-40)38(31(41)22-13-33-30(34-14-22)21-3-4-21)15-20-2-5-24-25-17-42-18-26(25)29(32)35-27(24)12-20/h2,5,12-14,16,21,23,40H,3-4,6-11,15,17-18H2,1H3,(H2,32,35). The van der Waals surface area contributed by atoms with Crippen LogP contribution >= 0.6 is 0 Å². The lowest BCUT2D eigenvalue weighted by molar-refractivity contribution is 0.0984. The van der Waals surface area contributed by atoms with Gasteiger partial charge in [-0.25, -0.2) is 15.0 Å². The highest BCUT2D eigenvalue weighted by atomic mass is 16.5. The first-order valence-corrected chi connectivity index (χ1v) is 14.8. The van der Waals surface area contributed by atoms with E-state index in [0.717, 1.165) is 83.6 Å². The van der Waals surface area contributed by atoms with E-state index in [9.17, 15) is 9.90 Å². The average molecular weight is 569 g/mol. The Bertz CT molecular complexity index is 1620. The number of carbonyl (C=O) groups is 1. The lowest BCUT2D eigenvalue weighted by Gasteiger charge is -2.31. The number of amides is 1. The highest BCUT2D eigenvalue weighted by Crippen LogP contribution is 2.38. The predicted octanol–water partition coefficient (Wildman–Crippen LogP) is 3.50. The number of hydrogen-bond acceptors (Lipinski definition) is 9. The molecule has 218 valence electrons. The number of piperidine rings is 1. The number of pyridine rings is 1. The first-order valence-electron chi connectivity index (χ1n) is 14.8. The van der Waals surface area contributed by atoms with Crippen LogP contribution in [0, 0.1) is 6.92 Å². The third kappa shape index (κ3) is 5.12. The van der Waals surface area contributed by atoms with E-state index in [-0.39, 0.29) is 18.6 Å². The largest absolute Gasteiger partial charge is 0.395 e. The number of rotatable bonds is 8. The summed E-state index contributed by atoms with van der Waals surface area (Å²) in [7, 11) is 0. The molecule has 3 N–H and O–H groups in total. The molecule has 0 radical (unpaired) electrons. The fraction of sp³-hybridized carbons (Fsp3) is 0.452. The zero-order valence-corrected chi connectivity index (χ0v) is 23.9. The van der Waals surface area contributed by atoms with Crippen LogP contribution in [0.5, 0.6) is 0 Å². The van der Waals surface area contributed by atoms with Crippen molar-refractivity contribution in [1.29, 1.82) is 0 Å². The van der Waals surface area contributed by atoms with Crippen molar-refractivity contribution in [3.63, 3.8) is 0 Å². The van der Waals surface area contributed by atoms with Crippen molar-refractivity contribution in [3.8, 4) is 0 Å². The predicted molar refractivity (Wildman–Crippen MR) is 158 cm³/mol. The molecule has 1 saturated carbocycles. The van der Waals surface area contributed by atoms with Crippen molar-refractivity contribution in [2.24, 2.45) is 0 Å². The molecule has 0 unspecified atom stereocenters. The van der Waals surface area contributed by atoms with Crippen molar-refractivity contribution in [2.45, 2.75) is 64.3 Å². The number of hydrogen-bond donors (Lipinski definition) is 2. The summed E-state index contributed by atoms with van der Waals surface area (Å²) in [6, 6.07) is 6.34. The van der Waals surface area contributed by atoms with Crippen molar-refractivity contribution >= 4 is 28.3 Å². The Labute approximate surface area is 244 Å². The number of benzene rings is 1. The quantitative estimate of drug-likeness (QED) is 0.327. The van der Waals surface area contributed by atoms with Gasteiger partial charge >= 0.3 is 0 Å². The average Bonchev–Trinajstić information content (AvgIpc) is 3.60. The van der Waals surface area contributed by atoms with E-state index in [1.54, 1.807) is 17.3 Å². The van der Waals surface area contributed by atoms with E-state index in [1.165, 1.54) is 0 Å². The van der Waals surface area contributed by atoms with Gasteiger partial charge in [-0.3, -0.25) is 9.48 Å². The monoisotopic (exact) mass is 568 g/mol. The minimum Gasteiger partial charge on any atom is -0.395 e. The zero-order valence-electron chi connectivity index (χ0n) is 23.9. The van der Waals surface area contributed by atoms with Crippen LogP contribution < -0.4 is 10.6 Å². The molecule has 0 bridgehead atoms. The van der Waals surface area contributed by atoms with Crippen LogP contribution in [0.15, 0.2) is 36.8 Å². The number of aryl methyl sites for hydroxylation is 1. The third-order valence-electron chi connectivity index (χ3n) is 8.77. The molecule has 1 amide bonds. The molecule has 1 aliphatic carbocycles. The minimum absolute atomic E-state index is 0.172. The number of likely N-dealkylation sites (tertiary alicyclic amines) is 1. The summed E-state index contributed by atoms with van der Waals surface area (Å²) in [5.41, 5.74) is 12.0. The summed E-state index contributed by atoms with van der Waals surface area (Å²) in [4.78, 5) is 31.8. The zero-order chi connectivity index (χ0) is 28.8. The van der Waals surface area contributed by atoms with Gasteiger partial charge in [0.25, 0.3) is 5.91 Å². The maximum Gasteiger partial charge on any atom is 0.261 e. The molecular weight excluding hydrogens is 532 g/mol. The van der Waals surface area contributed by atoms with Crippen LogP contribution in [0.1, 0.15) is 76.2 Å². The fourth-order valence-corrected chi connectivity index (χ4v) is 6.20. The number of aliphatic hydroxyl groups excluding tert-OH is 1. The van der Waals surface area contributed by atoms with Crippen LogP contribution in [0.4, 0.5) is 11.5 Å². The van der Waals surface area contributed by atoms with E-state index in [4.69, 9.17) is 15.6 Å². The Balaban J connectivity index is 1.21. The number of fused-ring (bicyclic) bond motifs is 3. The van der Waals surface area contributed by atoms with E-state index in [0.29, 0.717) is 43.6 Å². The first-order chi connectivity index (χ1) is 20.5. The van der Waals surface area contributed by atoms with Crippen molar-refractivity contribution in [3.05, 3.63) is 70.6 Å². The summed E-state index contributed by atoms with van der Waals surface area (Å²) in [5, 5.41) is 15.2. The molecule has 11 heteroatoms. The normalized spacial score (nSPS) is 17.6. The molecule has 7 rings (SSSR count). The summed E-state index contributed by atoms with van der Waals surface area (Å²) in [6.07, 6.45) is 9.39. The van der Waals surface area contributed by atoms with E-state index in [1.807, 2.05) is 29.9 Å². The van der Waals surface area contributed by atoms with Crippen LogP contribution in [-0.2, 0) is 24.5 Å². The minimum atomic E-state index is -0.173. The van der Waals surface area contributed by atoms with Crippen molar-refractivity contribution in [2.75, 3.05) is 36.9 Å². The highest BCUT2D eigenvalue weighted by Gasteiger charge is 2.29. The molecule has 3 aliphatic rings. The highest BCUT2D eigenvalue weighted by molar-refractivity contribution is 6.06. The van der Waals surface area contributed by atoms with E-state index >= 15 is 0 Å². The van der Waals surface area contributed by atoms with Crippen LogP contribution in [-0.4, -0.2) is 66.9 Å². The molecule has 4 aromatic rings. The molecule has 5 heterocycles. The maximum atomic E-state index is 14.1. The Kier molecular flexibility index (Phi) is 7.09. The second kappa shape index (κ2) is 11.0. The van der Waals surface area contributed by atoms with Gasteiger partial charge in [-0.15, -0.1) is 0 Å². The second-order valence-corrected chi connectivity index (χ2v) is 11.7. The van der Waals surface area contributed by atoms with Gasteiger partial charge in [-0.2, -0.15) is 5.10 Å². The molecule has 2 fully saturated rings. The van der Waals surface area contributed by atoms with Gasteiger partial charge in [0.2, 0.25) is 0 Å². The molecular formula is C31H36N8O3. The number of nitrogen functional groups attached to an aromatic ring is 1. The van der Waals surface area contributed by atoms with Gasteiger partial charge in [-0.05, 0) is 49.8 Å². The molecule has 11 nitrogen and oxygen atoms in total. The number of β-amino-alcohol motifs (C(OH)–C–C–N with tert-alkyl or cyclic N) is 1. The number of nitrogens with two attached hydrogens (primary N) is 1.